The van der Waals surface area contributed by atoms with Crippen LogP contribution in [0.3, 0.4) is 0 Å². The minimum atomic E-state index is -0.471. The lowest BCUT2D eigenvalue weighted by Gasteiger charge is -2.12. The summed E-state index contributed by atoms with van der Waals surface area (Å²) < 4.78 is 3.51. The van der Waals surface area contributed by atoms with Gasteiger partial charge in [0.2, 0.25) is 0 Å². The monoisotopic (exact) mass is 932 g/mol. The first-order valence-electron chi connectivity index (χ1n) is 18.9. The van der Waals surface area contributed by atoms with Gasteiger partial charge >= 0.3 is 0 Å². The summed E-state index contributed by atoms with van der Waals surface area (Å²) in [6.45, 7) is 1.14. The second kappa shape index (κ2) is 21.0. The molecule has 0 radical (unpaired) electrons. The summed E-state index contributed by atoms with van der Waals surface area (Å²) in [5.74, 6) is -1.03. The second-order valence-electron chi connectivity index (χ2n) is 13.5. The predicted molar refractivity (Wildman–Crippen MR) is 244 cm³/mol. The van der Waals surface area contributed by atoms with Gasteiger partial charge in [-0.15, -0.1) is 15.3 Å². The Labute approximate surface area is 384 Å². The van der Waals surface area contributed by atoms with Crippen LogP contribution in [0.5, 0.6) is 0 Å². The van der Waals surface area contributed by atoms with Crippen molar-refractivity contribution in [1.29, 1.82) is 0 Å². The van der Waals surface area contributed by atoms with Crippen LogP contribution >= 0.6 is 46.4 Å². The number of rotatable bonds is 12. The third-order valence-electron chi connectivity index (χ3n) is 8.97. The molecule has 4 aromatic carbocycles. The zero-order valence-electron chi connectivity index (χ0n) is 33.0. The number of benzene rings is 4. The third kappa shape index (κ3) is 12.3. The predicted octanol–water partition coefficient (Wildman–Crippen LogP) is 9.07. The average molecular weight is 935 g/mol. The van der Waals surface area contributed by atoms with Crippen LogP contribution in [0.25, 0.3) is 0 Å². The summed E-state index contributed by atoms with van der Waals surface area (Å²) in [5.41, 5.74) is 3.87. The molecule has 0 saturated heterocycles. The molecule has 4 heterocycles. The average Bonchev–Trinajstić information content (AvgIpc) is 4.02. The van der Waals surface area contributed by atoms with Gasteiger partial charge in [-0.05, 0) is 96.1 Å². The molecule has 0 aliphatic carbocycles. The minimum Gasteiger partial charge on any atom is -0.321 e. The Bertz CT molecular complexity index is 2680. The van der Waals surface area contributed by atoms with E-state index in [1.165, 1.54) is 24.5 Å². The Morgan fingerprint density at radius 2 is 0.938 bits per heavy atom. The van der Waals surface area contributed by atoms with Gasteiger partial charge in [-0.25, -0.2) is 14.6 Å². The van der Waals surface area contributed by atoms with Gasteiger partial charge in [-0.2, -0.15) is 0 Å². The van der Waals surface area contributed by atoms with Crippen LogP contribution in [-0.2, 0) is 13.1 Å². The van der Waals surface area contributed by atoms with Gasteiger partial charge in [0.25, 0.3) is 23.6 Å². The molecular weight excluding hydrogens is 902 g/mol. The fraction of sp³-hybridized carbons (Fsp3) is 0.0455. The van der Waals surface area contributed by atoms with Gasteiger partial charge in [-0.1, -0.05) is 75.9 Å². The Hall–Kier alpha value is -7.50. The number of amides is 4. The smallest absolute Gasteiger partial charge is 0.258 e. The Morgan fingerprint density at radius 1 is 0.484 bits per heavy atom. The van der Waals surface area contributed by atoms with Crippen LogP contribution in [0.2, 0.25) is 20.1 Å². The molecule has 4 aromatic heterocycles. The Balaban J connectivity index is 0.000000191. The molecule has 320 valence electrons. The molecule has 0 bridgehead atoms. The van der Waals surface area contributed by atoms with Crippen LogP contribution in [-0.4, -0.2) is 63.4 Å². The van der Waals surface area contributed by atoms with Crippen molar-refractivity contribution >= 4 is 93.0 Å². The number of nitrogens with zero attached hydrogens (tertiary/aromatic N) is 8. The molecule has 0 unspecified atom stereocenters. The molecule has 0 aliphatic heterocycles. The van der Waals surface area contributed by atoms with Gasteiger partial charge in [-0.3, -0.25) is 19.2 Å². The number of aromatic nitrogens is 8. The number of hydrogen-bond donors (Lipinski definition) is 4. The highest BCUT2D eigenvalue weighted by Gasteiger charge is 2.18. The van der Waals surface area contributed by atoms with E-state index in [-0.39, 0.29) is 22.9 Å². The van der Waals surface area contributed by atoms with Crippen LogP contribution < -0.4 is 21.3 Å². The van der Waals surface area contributed by atoms with Gasteiger partial charge < -0.3 is 25.8 Å². The maximum absolute atomic E-state index is 12.8. The molecular formula is C44H32Cl4N12O4. The summed E-state index contributed by atoms with van der Waals surface area (Å²) in [5, 5.41) is 27.7. The summed E-state index contributed by atoms with van der Waals surface area (Å²) >= 11 is 23.8. The van der Waals surface area contributed by atoms with E-state index >= 15 is 0 Å². The molecule has 4 N–H and O–H groups in total. The summed E-state index contributed by atoms with van der Waals surface area (Å²) in [6, 6.07) is 29.8. The zero-order valence-corrected chi connectivity index (χ0v) is 36.0. The van der Waals surface area contributed by atoms with Crippen molar-refractivity contribution in [1.82, 2.24) is 39.7 Å². The van der Waals surface area contributed by atoms with Gasteiger partial charge in [0.15, 0.2) is 0 Å². The van der Waals surface area contributed by atoms with E-state index in [0.29, 0.717) is 67.3 Å². The third-order valence-corrected chi connectivity index (χ3v) is 9.88. The lowest BCUT2D eigenvalue weighted by molar-refractivity contribution is 0.101. The first-order valence-corrected chi connectivity index (χ1v) is 20.4. The van der Waals surface area contributed by atoms with Gasteiger partial charge in [0, 0.05) is 46.3 Å². The maximum atomic E-state index is 12.8. The highest BCUT2D eigenvalue weighted by Crippen LogP contribution is 2.25. The summed E-state index contributed by atoms with van der Waals surface area (Å²) in [4.78, 5) is 59.2. The second-order valence-corrected chi connectivity index (χ2v) is 15.3. The molecule has 8 rings (SSSR count). The van der Waals surface area contributed by atoms with E-state index in [2.05, 4.69) is 51.7 Å². The van der Waals surface area contributed by atoms with Crippen LogP contribution in [0, 0.1) is 0 Å². The molecule has 4 amide bonds. The zero-order chi connectivity index (χ0) is 45.0. The number of halogens is 4. The van der Waals surface area contributed by atoms with Crippen LogP contribution in [0.4, 0.5) is 23.0 Å². The Kier molecular flexibility index (Phi) is 14.7. The number of hydrogen-bond acceptors (Lipinski definition) is 10. The normalized spacial score (nSPS) is 10.6. The number of pyridine rings is 2. The lowest BCUT2D eigenvalue weighted by Crippen LogP contribution is -2.18. The van der Waals surface area contributed by atoms with E-state index in [1.807, 2.05) is 28.8 Å². The lowest BCUT2D eigenvalue weighted by atomic mass is 10.1. The molecule has 0 saturated carbocycles. The van der Waals surface area contributed by atoms with Gasteiger partial charge in [0.1, 0.15) is 24.3 Å². The Morgan fingerprint density at radius 3 is 1.36 bits per heavy atom. The molecule has 0 aliphatic rings. The standard InChI is InChI=1S/2C22H16Cl2N6O2/c23-16-5-7-19(18(9-16)22(32)29-20-8-6-17(24)10-25-20)28-21(31)15-3-1-14(2-4-15)11-30-12-26-27-13-30;23-16-5-7-19(18(11-16)22(32)28-20-8-6-17(24)12-25-20)27-21(31)15-3-1-14(2-4-15)13-30-10-9-26-29-30/h1-10,12-13H,11H2,(H,28,31)(H,25,29,32);1-12H,13H2,(H,27,31)(H,25,28,32). The molecule has 0 atom stereocenters. The van der Waals surface area contributed by atoms with E-state index in [0.717, 1.165) is 11.1 Å². The summed E-state index contributed by atoms with van der Waals surface area (Å²) in [7, 11) is 0. The van der Waals surface area contributed by atoms with E-state index in [9.17, 15) is 19.2 Å². The number of carbonyl (C=O) groups excluding carboxylic acids is 4. The molecule has 16 nitrogen and oxygen atoms in total. The molecule has 64 heavy (non-hydrogen) atoms. The number of carbonyl (C=O) groups is 4. The molecule has 0 spiro atoms. The molecule has 0 fully saturated rings. The van der Waals surface area contributed by atoms with Crippen LogP contribution in [0.15, 0.2) is 147 Å². The van der Waals surface area contributed by atoms with Crippen molar-refractivity contribution in [3.8, 4) is 0 Å². The highest BCUT2D eigenvalue weighted by molar-refractivity contribution is 6.32. The van der Waals surface area contributed by atoms with E-state index in [1.54, 1.807) is 103 Å². The van der Waals surface area contributed by atoms with Crippen molar-refractivity contribution in [3.63, 3.8) is 0 Å². The topological polar surface area (TPSA) is 204 Å². The maximum Gasteiger partial charge on any atom is 0.258 e. The van der Waals surface area contributed by atoms with Crippen molar-refractivity contribution in [2.24, 2.45) is 0 Å². The van der Waals surface area contributed by atoms with Gasteiger partial charge in [0.05, 0.1) is 45.3 Å². The molecule has 8 aromatic rings. The van der Waals surface area contributed by atoms with Crippen molar-refractivity contribution in [3.05, 3.63) is 200 Å². The largest absolute Gasteiger partial charge is 0.321 e. The minimum absolute atomic E-state index is 0.199. The number of anilines is 4. The first kappa shape index (κ1) is 44.6. The van der Waals surface area contributed by atoms with E-state index in [4.69, 9.17) is 46.4 Å². The molecule has 20 heteroatoms. The fourth-order valence-corrected chi connectivity index (χ4v) is 6.39. The summed E-state index contributed by atoms with van der Waals surface area (Å²) in [6.07, 6.45) is 9.44. The first-order chi connectivity index (χ1) is 30.9. The van der Waals surface area contributed by atoms with Crippen molar-refractivity contribution in [2.45, 2.75) is 13.1 Å². The van der Waals surface area contributed by atoms with Crippen molar-refractivity contribution in [2.75, 3.05) is 21.3 Å². The highest BCUT2D eigenvalue weighted by atomic mass is 35.5. The fourth-order valence-electron chi connectivity index (χ4n) is 5.82. The SMILES string of the molecule is O=C(Nc1ccc(Cl)cc1C(=O)Nc1ccc(Cl)cn1)c1ccc(Cn2ccnn2)cc1.O=C(Nc1ccc(Cl)cc1C(=O)Nc1ccc(Cl)cn1)c1ccc(Cn2cnnc2)cc1. The quantitative estimate of drug-likeness (QED) is 0.0915. The van der Waals surface area contributed by atoms with E-state index < -0.39 is 11.8 Å². The van der Waals surface area contributed by atoms with Crippen molar-refractivity contribution < 1.29 is 19.2 Å². The number of nitrogens with one attached hydrogen (secondary N) is 4. The van der Waals surface area contributed by atoms with Crippen LogP contribution in [0.1, 0.15) is 52.6 Å².